The Hall–Kier alpha value is -1.56. The molecule has 0 bridgehead atoms. The van der Waals surface area contributed by atoms with Gasteiger partial charge in [-0.25, -0.2) is 4.68 Å². The molecule has 2 aromatic heterocycles. The summed E-state index contributed by atoms with van der Waals surface area (Å²) in [5.74, 6) is 0. The summed E-state index contributed by atoms with van der Waals surface area (Å²) in [5.41, 5.74) is 1.98. The monoisotopic (exact) mass is 288 g/mol. The van der Waals surface area contributed by atoms with Gasteiger partial charge in [-0.1, -0.05) is 12.1 Å². The van der Waals surface area contributed by atoms with E-state index in [4.69, 9.17) is 0 Å². The quantitative estimate of drug-likeness (QED) is 0.694. The molecule has 0 radical (unpaired) electrons. The predicted octanol–water partition coefficient (Wildman–Crippen LogP) is 3.34. The Morgan fingerprint density at radius 3 is 2.84 bits per heavy atom. The Morgan fingerprint density at radius 2 is 2.11 bits per heavy atom. The first-order valence-corrected chi connectivity index (χ1v) is 8.21. The van der Waals surface area contributed by atoms with Gasteiger partial charge < -0.3 is 4.55 Å². The van der Waals surface area contributed by atoms with E-state index < -0.39 is 11.2 Å². The molecular formula is C14H12N2OS2. The maximum Gasteiger partial charge on any atom is 0.154 e. The zero-order valence-corrected chi connectivity index (χ0v) is 11.9. The second-order valence-electron chi connectivity index (χ2n) is 4.06. The van der Waals surface area contributed by atoms with E-state index in [0.717, 1.165) is 16.3 Å². The van der Waals surface area contributed by atoms with E-state index in [1.165, 1.54) is 4.88 Å². The molecule has 3 nitrogen and oxygen atoms in total. The van der Waals surface area contributed by atoms with Gasteiger partial charge in [-0.05, 0) is 40.8 Å². The van der Waals surface area contributed by atoms with Gasteiger partial charge in [0.15, 0.2) is 4.90 Å². The topological polar surface area (TPSA) is 40.9 Å². The fourth-order valence-electron chi connectivity index (χ4n) is 1.91. The summed E-state index contributed by atoms with van der Waals surface area (Å²) >= 11 is 0.696. The molecule has 1 atom stereocenters. The van der Waals surface area contributed by atoms with E-state index in [1.807, 2.05) is 46.5 Å². The molecule has 19 heavy (non-hydrogen) atoms. The lowest BCUT2D eigenvalue weighted by molar-refractivity contribution is 0.600. The third-order valence-corrected chi connectivity index (χ3v) is 4.62. The highest BCUT2D eigenvalue weighted by molar-refractivity contribution is 7.90. The number of hydrogen-bond donors (Lipinski definition) is 0. The lowest BCUT2D eigenvalue weighted by atomic mass is 10.3. The van der Waals surface area contributed by atoms with Crippen LogP contribution in [-0.4, -0.2) is 20.6 Å². The molecule has 3 rings (SSSR count). The normalized spacial score (nSPS) is 12.5. The average Bonchev–Trinajstić information content (AvgIpc) is 3.09. The Kier molecular flexibility index (Phi) is 3.42. The maximum absolute atomic E-state index is 11.6. The van der Waals surface area contributed by atoms with E-state index in [2.05, 4.69) is 11.2 Å². The van der Waals surface area contributed by atoms with E-state index in [0.29, 0.717) is 0 Å². The molecule has 1 unspecified atom stereocenters. The number of hydrogen-bond acceptors (Lipinski definition) is 3. The zero-order valence-electron chi connectivity index (χ0n) is 10.3. The first-order chi connectivity index (χ1) is 9.25. The van der Waals surface area contributed by atoms with Crippen LogP contribution >= 0.6 is 11.3 Å². The summed E-state index contributed by atoms with van der Waals surface area (Å²) in [6.45, 7) is 0. The highest BCUT2D eigenvalue weighted by atomic mass is 32.2. The fraction of sp³-hybridized carbons (Fsp3) is 0.0714. The summed E-state index contributed by atoms with van der Waals surface area (Å²) in [6, 6.07) is 13.7. The van der Waals surface area contributed by atoms with Crippen LogP contribution in [0, 0.1) is 0 Å². The van der Waals surface area contributed by atoms with Crippen LogP contribution in [0.25, 0.3) is 16.3 Å². The molecule has 2 heterocycles. The van der Waals surface area contributed by atoms with Crippen molar-refractivity contribution in [2.75, 3.05) is 6.26 Å². The summed E-state index contributed by atoms with van der Waals surface area (Å²) in [4.78, 5) is 1.98. The minimum atomic E-state index is -0.983. The van der Waals surface area contributed by atoms with E-state index in [-0.39, 0.29) is 0 Å². The zero-order chi connectivity index (χ0) is 13.2. The second kappa shape index (κ2) is 5.21. The van der Waals surface area contributed by atoms with Crippen molar-refractivity contribution in [2.45, 2.75) is 4.90 Å². The molecule has 5 heteroatoms. The molecule has 0 N–H and O–H groups in total. The van der Waals surface area contributed by atoms with Crippen molar-refractivity contribution in [3.05, 3.63) is 54.0 Å². The Labute approximate surface area is 118 Å². The van der Waals surface area contributed by atoms with Crippen LogP contribution in [0.1, 0.15) is 0 Å². The molecule has 0 aliphatic carbocycles. The Balaban J connectivity index is 2.08. The molecule has 0 saturated heterocycles. The van der Waals surface area contributed by atoms with Gasteiger partial charge >= 0.3 is 0 Å². The molecule has 3 aromatic rings. The van der Waals surface area contributed by atoms with Gasteiger partial charge in [-0.2, -0.15) is 5.10 Å². The molecule has 0 amide bonds. The van der Waals surface area contributed by atoms with Crippen LogP contribution < -0.4 is 0 Å². The van der Waals surface area contributed by atoms with Gasteiger partial charge in [0.25, 0.3) is 0 Å². The molecule has 0 fully saturated rings. The highest BCUT2D eigenvalue weighted by Gasteiger charge is 2.11. The number of thiophene rings is 1. The summed E-state index contributed by atoms with van der Waals surface area (Å²) < 4.78 is 13.4. The van der Waals surface area contributed by atoms with Crippen molar-refractivity contribution in [1.29, 1.82) is 0 Å². The van der Waals surface area contributed by atoms with Gasteiger partial charge in [0.05, 0.1) is 22.5 Å². The van der Waals surface area contributed by atoms with E-state index in [1.54, 1.807) is 23.8 Å². The van der Waals surface area contributed by atoms with Gasteiger partial charge in [0.2, 0.25) is 0 Å². The van der Waals surface area contributed by atoms with Crippen LogP contribution in [0.2, 0.25) is 0 Å². The van der Waals surface area contributed by atoms with Crippen molar-refractivity contribution in [3.8, 4) is 16.3 Å². The van der Waals surface area contributed by atoms with Crippen molar-refractivity contribution < 1.29 is 4.55 Å². The second-order valence-corrected chi connectivity index (χ2v) is 6.38. The van der Waals surface area contributed by atoms with Gasteiger partial charge in [-0.3, -0.25) is 0 Å². The predicted molar refractivity (Wildman–Crippen MR) is 79.2 cm³/mol. The Morgan fingerprint density at radius 1 is 1.21 bits per heavy atom. The smallest absolute Gasteiger partial charge is 0.154 e. The van der Waals surface area contributed by atoms with Crippen LogP contribution in [0.5, 0.6) is 0 Å². The summed E-state index contributed by atoms with van der Waals surface area (Å²) in [7, 11) is 0. The molecular weight excluding hydrogens is 276 g/mol. The van der Waals surface area contributed by atoms with Crippen molar-refractivity contribution in [1.82, 2.24) is 9.78 Å². The van der Waals surface area contributed by atoms with Crippen molar-refractivity contribution in [3.63, 3.8) is 0 Å². The molecule has 0 saturated carbocycles. The molecule has 0 spiro atoms. The molecule has 0 aliphatic rings. The van der Waals surface area contributed by atoms with Crippen LogP contribution in [0.3, 0.4) is 0 Å². The first kappa shape index (κ1) is 12.5. The third-order valence-electron chi connectivity index (χ3n) is 2.81. The minimum absolute atomic E-state index is 0.810. The lowest BCUT2D eigenvalue weighted by Crippen LogP contribution is -2.02. The van der Waals surface area contributed by atoms with E-state index in [9.17, 15) is 4.55 Å². The number of benzene rings is 1. The number of nitrogens with zero attached hydrogens (tertiary/aromatic N) is 2. The minimum Gasteiger partial charge on any atom is -0.612 e. The SMILES string of the molecule is C[S+]([O-])c1cccc(-n2nccc2-c2cccs2)c1. The largest absolute Gasteiger partial charge is 0.612 e. The third kappa shape index (κ3) is 2.45. The standard InChI is InChI=1S/C14H12N2OS2/c1-19(17)12-5-2-4-11(10-12)16-13(7-8-15-16)14-6-3-9-18-14/h2-10H,1H3. The van der Waals surface area contributed by atoms with Gasteiger partial charge in [0.1, 0.15) is 6.26 Å². The first-order valence-electron chi connectivity index (χ1n) is 5.77. The average molecular weight is 288 g/mol. The van der Waals surface area contributed by atoms with Crippen molar-refractivity contribution in [2.24, 2.45) is 0 Å². The lowest BCUT2D eigenvalue weighted by Gasteiger charge is -2.09. The number of rotatable bonds is 3. The Bertz CT molecular complexity index is 674. The van der Waals surface area contributed by atoms with Gasteiger partial charge in [-0.15, -0.1) is 11.3 Å². The van der Waals surface area contributed by atoms with Gasteiger partial charge in [0, 0.05) is 6.07 Å². The van der Waals surface area contributed by atoms with Crippen LogP contribution in [-0.2, 0) is 11.2 Å². The number of aromatic nitrogens is 2. The summed E-state index contributed by atoms with van der Waals surface area (Å²) in [6.07, 6.45) is 3.47. The summed E-state index contributed by atoms with van der Waals surface area (Å²) in [5, 5.41) is 6.41. The molecule has 1 aromatic carbocycles. The van der Waals surface area contributed by atoms with Crippen LogP contribution in [0.15, 0.2) is 58.9 Å². The maximum atomic E-state index is 11.6. The molecule has 96 valence electrons. The van der Waals surface area contributed by atoms with Crippen LogP contribution in [0.4, 0.5) is 0 Å². The van der Waals surface area contributed by atoms with E-state index >= 15 is 0 Å². The van der Waals surface area contributed by atoms with Crippen molar-refractivity contribution >= 4 is 22.5 Å². The highest BCUT2D eigenvalue weighted by Crippen LogP contribution is 2.27. The fourth-order valence-corrected chi connectivity index (χ4v) is 3.21. The molecule has 0 aliphatic heterocycles.